The first-order valence-electron chi connectivity index (χ1n) is 6.57. The molecule has 1 aromatic heterocycles. The predicted molar refractivity (Wildman–Crippen MR) is 82.0 cm³/mol. The molecule has 1 fully saturated rings. The summed E-state index contributed by atoms with van der Waals surface area (Å²) in [7, 11) is 0. The third-order valence-electron chi connectivity index (χ3n) is 3.13. The lowest BCUT2D eigenvalue weighted by molar-refractivity contribution is 0.122. The Morgan fingerprint density at radius 2 is 1.81 bits per heavy atom. The van der Waals surface area contributed by atoms with Crippen LogP contribution in [0.4, 0.5) is 23.3 Å². The standard InChI is InChI=1S/C13H15ClN6O/c14-11-17-12(15)19-13(18-11)16-9-1-3-10(4-2-9)20-5-7-21-8-6-20/h1-4H,5-8H2,(H3,15,16,17,18,19). The molecule has 1 aliphatic rings. The number of halogens is 1. The Morgan fingerprint density at radius 3 is 2.48 bits per heavy atom. The molecule has 1 aliphatic heterocycles. The van der Waals surface area contributed by atoms with Crippen LogP contribution in [0, 0.1) is 0 Å². The van der Waals surface area contributed by atoms with Gasteiger partial charge in [0.1, 0.15) is 0 Å². The van der Waals surface area contributed by atoms with E-state index in [-0.39, 0.29) is 11.2 Å². The first-order valence-corrected chi connectivity index (χ1v) is 6.95. The summed E-state index contributed by atoms with van der Waals surface area (Å²) in [6, 6.07) is 8.00. The molecule has 0 aliphatic carbocycles. The second-order valence-electron chi connectivity index (χ2n) is 4.56. The van der Waals surface area contributed by atoms with Crippen molar-refractivity contribution in [2.45, 2.75) is 0 Å². The van der Waals surface area contributed by atoms with Crippen molar-refractivity contribution < 1.29 is 4.74 Å². The minimum absolute atomic E-state index is 0.0648. The first-order chi connectivity index (χ1) is 10.2. The van der Waals surface area contributed by atoms with E-state index in [0.29, 0.717) is 5.95 Å². The summed E-state index contributed by atoms with van der Waals surface area (Å²) in [5, 5.41) is 3.11. The molecular weight excluding hydrogens is 292 g/mol. The van der Waals surface area contributed by atoms with Crippen LogP contribution in [0.1, 0.15) is 0 Å². The van der Waals surface area contributed by atoms with E-state index >= 15 is 0 Å². The number of morpholine rings is 1. The lowest BCUT2D eigenvalue weighted by Crippen LogP contribution is -2.36. The highest BCUT2D eigenvalue weighted by molar-refractivity contribution is 6.28. The third-order valence-corrected chi connectivity index (χ3v) is 3.29. The molecule has 0 saturated carbocycles. The van der Waals surface area contributed by atoms with E-state index in [9.17, 15) is 0 Å². The SMILES string of the molecule is Nc1nc(Cl)nc(Nc2ccc(N3CCOCC3)cc2)n1. The van der Waals surface area contributed by atoms with Crippen LogP contribution in [0.5, 0.6) is 0 Å². The minimum atomic E-state index is 0.0648. The molecule has 1 saturated heterocycles. The molecular formula is C13H15ClN6O. The highest BCUT2D eigenvalue weighted by Gasteiger charge is 2.11. The Hall–Kier alpha value is -2.12. The van der Waals surface area contributed by atoms with E-state index in [0.717, 1.165) is 37.7 Å². The van der Waals surface area contributed by atoms with E-state index in [1.807, 2.05) is 24.3 Å². The van der Waals surface area contributed by atoms with Gasteiger partial charge in [0.15, 0.2) is 0 Å². The van der Waals surface area contributed by atoms with Gasteiger partial charge in [-0.1, -0.05) is 0 Å². The molecule has 2 aromatic rings. The van der Waals surface area contributed by atoms with Gasteiger partial charge in [0, 0.05) is 24.5 Å². The Kier molecular flexibility index (Phi) is 4.03. The number of hydrogen-bond donors (Lipinski definition) is 2. The molecule has 2 heterocycles. The maximum absolute atomic E-state index is 5.74. The first kappa shape index (κ1) is 13.8. The van der Waals surface area contributed by atoms with Gasteiger partial charge in [0.05, 0.1) is 13.2 Å². The average molecular weight is 307 g/mol. The van der Waals surface area contributed by atoms with Gasteiger partial charge < -0.3 is 20.7 Å². The largest absolute Gasteiger partial charge is 0.378 e. The molecule has 110 valence electrons. The molecule has 0 unspecified atom stereocenters. The summed E-state index contributed by atoms with van der Waals surface area (Å²) in [6.07, 6.45) is 0. The molecule has 21 heavy (non-hydrogen) atoms. The van der Waals surface area contributed by atoms with Crippen LogP contribution in [-0.2, 0) is 4.74 Å². The van der Waals surface area contributed by atoms with Gasteiger partial charge in [0.2, 0.25) is 17.2 Å². The number of nitrogen functional groups attached to an aromatic ring is 1. The lowest BCUT2D eigenvalue weighted by atomic mass is 10.2. The quantitative estimate of drug-likeness (QED) is 0.891. The van der Waals surface area contributed by atoms with Crippen molar-refractivity contribution in [1.82, 2.24) is 15.0 Å². The summed E-state index contributed by atoms with van der Waals surface area (Å²) in [5.74, 6) is 0.411. The fourth-order valence-corrected chi connectivity index (χ4v) is 2.29. The molecule has 0 radical (unpaired) electrons. The van der Waals surface area contributed by atoms with Crippen molar-refractivity contribution in [2.75, 3.05) is 42.3 Å². The van der Waals surface area contributed by atoms with Crippen LogP contribution in [0.2, 0.25) is 5.28 Å². The van der Waals surface area contributed by atoms with Crippen molar-refractivity contribution >= 4 is 34.9 Å². The van der Waals surface area contributed by atoms with E-state index < -0.39 is 0 Å². The second-order valence-corrected chi connectivity index (χ2v) is 4.90. The normalized spacial score (nSPS) is 15.0. The molecule has 1 aromatic carbocycles. The van der Waals surface area contributed by atoms with Gasteiger partial charge in [-0.15, -0.1) is 0 Å². The smallest absolute Gasteiger partial charge is 0.233 e. The van der Waals surface area contributed by atoms with Gasteiger partial charge in [-0.3, -0.25) is 0 Å². The van der Waals surface area contributed by atoms with Gasteiger partial charge >= 0.3 is 0 Å². The zero-order valence-corrected chi connectivity index (χ0v) is 12.0. The van der Waals surface area contributed by atoms with Crippen molar-refractivity contribution in [3.8, 4) is 0 Å². The zero-order valence-electron chi connectivity index (χ0n) is 11.3. The summed E-state index contributed by atoms with van der Waals surface area (Å²) >= 11 is 5.74. The number of nitrogens with zero attached hydrogens (tertiary/aromatic N) is 4. The van der Waals surface area contributed by atoms with E-state index in [2.05, 4.69) is 25.2 Å². The van der Waals surface area contributed by atoms with E-state index in [4.69, 9.17) is 22.1 Å². The van der Waals surface area contributed by atoms with Crippen LogP contribution in [0.25, 0.3) is 0 Å². The average Bonchev–Trinajstić information content (AvgIpc) is 2.48. The number of anilines is 4. The molecule has 7 nitrogen and oxygen atoms in total. The van der Waals surface area contributed by atoms with Gasteiger partial charge in [-0.05, 0) is 35.9 Å². The Bertz CT molecular complexity index is 594. The van der Waals surface area contributed by atoms with Gasteiger partial charge in [-0.25, -0.2) is 0 Å². The number of rotatable bonds is 3. The van der Waals surface area contributed by atoms with Gasteiger partial charge in [-0.2, -0.15) is 15.0 Å². The molecule has 0 atom stereocenters. The molecule has 0 bridgehead atoms. The molecule has 3 N–H and O–H groups in total. The lowest BCUT2D eigenvalue weighted by Gasteiger charge is -2.28. The van der Waals surface area contributed by atoms with Crippen molar-refractivity contribution in [3.63, 3.8) is 0 Å². The fraction of sp³-hybridized carbons (Fsp3) is 0.308. The number of nitrogens with two attached hydrogens (primary N) is 1. The highest BCUT2D eigenvalue weighted by Crippen LogP contribution is 2.21. The maximum atomic E-state index is 5.74. The fourth-order valence-electron chi connectivity index (χ4n) is 2.13. The Balaban J connectivity index is 1.71. The summed E-state index contributed by atoms with van der Waals surface area (Å²) < 4.78 is 5.35. The Morgan fingerprint density at radius 1 is 1.10 bits per heavy atom. The highest BCUT2D eigenvalue weighted by atomic mass is 35.5. The van der Waals surface area contributed by atoms with Crippen molar-refractivity contribution in [1.29, 1.82) is 0 Å². The monoisotopic (exact) mass is 306 g/mol. The van der Waals surface area contributed by atoms with Crippen LogP contribution < -0.4 is 16.0 Å². The van der Waals surface area contributed by atoms with Gasteiger partial charge in [0.25, 0.3) is 0 Å². The minimum Gasteiger partial charge on any atom is -0.378 e. The number of benzene rings is 1. The second kappa shape index (κ2) is 6.11. The summed E-state index contributed by atoms with van der Waals surface area (Å²) in [5.41, 5.74) is 7.55. The summed E-state index contributed by atoms with van der Waals surface area (Å²) in [6.45, 7) is 3.35. The maximum Gasteiger partial charge on any atom is 0.233 e. The van der Waals surface area contributed by atoms with E-state index in [1.54, 1.807) is 0 Å². The topological polar surface area (TPSA) is 89.2 Å². The van der Waals surface area contributed by atoms with Crippen LogP contribution in [0.3, 0.4) is 0 Å². The predicted octanol–water partition coefficient (Wildman–Crippen LogP) is 1.69. The van der Waals surface area contributed by atoms with E-state index in [1.165, 1.54) is 0 Å². The molecule has 0 spiro atoms. The zero-order chi connectivity index (χ0) is 14.7. The molecule has 3 rings (SSSR count). The molecule has 8 heteroatoms. The number of hydrogen-bond acceptors (Lipinski definition) is 7. The third kappa shape index (κ3) is 3.50. The van der Waals surface area contributed by atoms with Crippen molar-refractivity contribution in [2.24, 2.45) is 0 Å². The number of ether oxygens (including phenoxy) is 1. The Labute approximate surface area is 127 Å². The summed E-state index contributed by atoms with van der Waals surface area (Å²) in [4.78, 5) is 13.9. The van der Waals surface area contributed by atoms with Crippen LogP contribution in [0.15, 0.2) is 24.3 Å². The number of nitrogens with one attached hydrogen (secondary N) is 1. The van der Waals surface area contributed by atoms with Crippen molar-refractivity contribution in [3.05, 3.63) is 29.5 Å². The van der Waals surface area contributed by atoms with Crippen LogP contribution >= 0.6 is 11.6 Å². The number of aromatic nitrogens is 3. The molecule has 0 amide bonds. The van der Waals surface area contributed by atoms with Crippen LogP contribution in [-0.4, -0.2) is 41.3 Å².